The summed E-state index contributed by atoms with van der Waals surface area (Å²) in [5.41, 5.74) is 0. The molecule has 1 atom stereocenters. The molecule has 0 amide bonds. The van der Waals surface area contributed by atoms with E-state index < -0.39 is 6.10 Å². The summed E-state index contributed by atoms with van der Waals surface area (Å²) in [6.07, 6.45) is 55.0. The Morgan fingerprint density at radius 2 is 0.860 bits per heavy atom. The molecule has 0 spiro atoms. The van der Waals surface area contributed by atoms with E-state index in [1.165, 1.54) is 51.4 Å². The number of hydrogen-bond acceptors (Lipinski definition) is 5. The molecule has 0 bridgehead atoms. The van der Waals surface area contributed by atoms with E-state index >= 15 is 0 Å². The van der Waals surface area contributed by atoms with Crippen LogP contribution in [0.3, 0.4) is 0 Å². The van der Waals surface area contributed by atoms with Crippen LogP contribution in [0.5, 0.6) is 0 Å². The van der Waals surface area contributed by atoms with Gasteiger partial charge in [-0.1, -0.05) is 157 Å². The van der Waals surface area contributed by atoms with Crippen LogP contribution in [0.4, 0.5) is 0 Å². The van der Waals surface area contributed by atoms with Crippen molar-refractivity contribution in [1.82, 2.24) is 0 Å². The average molecular weight is 695 g/mol. The summed E-state index contributed by atoms with van der Waals surface area (Å²) in [4.78, 5) is 24.2. The first-order valence-corrected chi connectivity index (χ1v) is 20.1. The lowest BCUT2D eigenvalue weighted by atomic mass is 10.1. The first kappa shape index (κ1) is 47.1. The maximum atomic E-state index is 12.2. The number of aliphatic hydroxyl groups excluding tert-OH is 1. The SMILES string of the molecule is CC/C=C\C/C=C\C/C=C\C/C=C\C/C=C\C/C=C\CCCCCCCCC(=O)OC(CO)COC(=O)CCCCCCC/C=C\CCCC. The van der Waals surface area contributed by atoms with Gasteiger partial charge in [-0.25, -0.2) is 0 Å². The van der Waals surface area contributed by atoms with Crippen molar-refractivity contribution in [2.75, 3.05) is 13.2 Å². The van der Waals surface area contributed by atoms with Crippen LogP contribution in [-0.2, 0) is 19.1 Å². The molecule has 0 aliphatic heterocycles. The van der Waals surface area contributed by atoms with Gasteiger partial charge in [-0.2, -0.15) is 0 Å². The van der Waals surface area contributed by atoms with Gasteiger partial charge >= 0.3 is 11.9 Å². The van der Waals surface area contributed by atoms with Gasteiger partial charge in [0, 0.05) is 12.8 Å². The number of allylic oxidation sites excluding steroid dienone is 14. The second kappa shape index (κ2) is 40.5. The van der Waals surface area contributed by atoms with Gasteiger partial charge in [0.1, 0.15) is 6.61 Å². The molecule has 0 rings (SSSR count). The van der Waals surface area contributed by atoms with Crippen LogP contribution in [0.2, 0.25) is 0 Å². The zero-order valence-electron chi connectivity index (χ0n) is 32.1. The van der Waals surface area contributed by atoms with Crippen LogP contribution in [0.1, 0.15) is 168 Å². The predicted octanol–water partition coefficient (Wildman–Crippen LogP) is 12.7. The van der Waals surface area contributed by atoms with Gasteiger partial charge in [0.05, 0.1) is 6.61 Å². The third kappa shape index (κ3) is 37.9. The van der Waals surface area contributed by atoms with Gasteiger partial charge in [-0.3, -0.25) is 9.59 Å². The molecule has 0 aromatic heterocycles. The van der Waals surface area contributed by atoms with E-state index in [-0.39, 0.29) is 25.2 Å². The Labute approximate surface area is 307 Å². The van der Waals surface area contributed by atoms with Gasteiger partial charge in [0.25, 0.3) is 0 Å². The number of hydrogen-bond donors (Lipinski definition) is 1. The van der Waals surface area contributed by atoms with Crippen LogP contribution in [0.25, 0.3) is 0 Å². The zero-order valence-corrected chi connectivity index (χ0v) is 32.1. The van der Waals surface area contributed by atoms with E-state index in [0.717, 1.165) is 89.9 Å². The van der Waals surface area contributed by atoms with E-state index in [9.17, 15) is 14.7 Å². The van der Waals surface area contributed by atoms with Crippen LogP contribution >= 0.6 is 0 Å². The molecule has 0 aromatic rings. The fraction of sp³-hybridized carbons (Fsp3) is 0.644. The van der Waals surface area contributed by atoms with Crippen molar-refractivity contribution in [2.45, 2.75) is 174 Å². The van der Waals surface area contributed by atoms with Gasteiger partial charge in [-0.05, 0) is 83.5 Å². The largest absolute Gasteiger partial charge is 0.462 e. The molecule has 1 N–H and O–H groups in total. The van der Waals surface area contributed by atoms with Crippen LogP contribution in [0.15, 0.2) is 85.1 Å². The third-order valence-electron chi connectivity index (χ3n) is 8.17. The van der Waals surface area contributed by atoms with Crippen molar-refractivity contribution in [2.24, 2.45) is 0 Å². The first-order chi connectivity index (χ1) is 24.6. The van der Waals surface area contributed by atoms with E-state index in [2.05, 4.69) is 98.9 Å². The second-order valence-electron chi connectivity index (χ2n) is 13.0. The minimum Gasteiger partial charge on any atom is -0.462 e. The lowest BCUT2D eigenvalue weighted by Gasteiger charge is -2.15. The summed E-state index contributed by atoms with van der Waals surface area (Å²) in [6.45, 7) is 3.94. The summed E-state index contributed by atoms with van der Waals surface area (Å²) < 4.78 is 10.6. The smallest absolute Gasteiger partial charge is 0.306 e. The number of carbonyl (C=O) groups excluding carboxylic acids is 2. The lowest BCUT2D eigenvalue weighted by Crippen LogP contribution is -2.28. The van der Waals surface area contributed by atoms with Gasteiger partial charge in [-0.15, -0.1) is 0 Å². The van der Waals surface area contributed by atoms with Crippen molar-refractivity contribution < 1.29 is 24.2 Å². The fourth-order valence-electron chi connectivity index (χ4n) is 5.12. The molecule has 0 radical (unpaired) electrons. The maximum absolute atomic E-state index is 12.2. The lowest BCUT2D eigenvalue weighted by molar-refractivity contribution is -0.161. The zero-order chi connectivity index (χ0) is 36.4. The van der Waals surface area contributed by atoms with Crippen molar-refractivity contribution in [3.63, 3.8) is 0 Å². The molecule has 0 saturated heterocycles. The van der Waals surface area contributed by atoms with Crippen LogP contribution in [-0.4, -0.2) is 36.4 Å². The molecular formula is C45H74O5. The third-order valence-corrected chi connectivity index (χ3v) is 8.17. The van der Waals surface area contributed by atoms with Crippen molar-refractivity contribution in [3.8, 4) is 0 Å². The minimum absolute atomic E-state index is 0.0811. The van der Waals surface area contributed by atoms with E-state index in [1.807, 2.05) is 0 Å². The standard InChI is InChI=1S/C45H74O5/c1-3-5-7-9-11-13-15-16-17-18-19-20-21-22-23-24-25-26-27-28-30-32-34-36-38-40-45(48)50-43(41-46)42-49-44(47)39-37-35-33-31-29-14-12-10-8-6-4-2/h5,7,10-13,16-17,19-20,22-23,25-26,43,46H,3-4,6,8-9,14-15,18,21,24,27-42H2,1-2H3/b7-5-,12-10-,13-11-,17-16-,20-19-,23-22-,26-25-. The van der Waals surface area contributed by atoms with E-state index in [4.69, 9.17) is 9.47 Å². The Bertz CT molecular complexity index is 968. The fourth-order valence-corrected chi connectivity index (χ4v) is 5.12. The summed E-state index contributed by atoms with van der Waals surface area (Å²) in [5, 5.41) is 9.54. The maximum Gasteiger partial charge on any atom is 0.306 e. The van der Waals surface area contributed by atoms with E-state index in [1.54, 1.807) is 0 Å². The number of carbonyl (C=O) groups is 2. The summed E-state index contributed by atoms with van der Waals surface area (Å²) in [6, 6.07) is 0. The number of esters is 2. The number of aliphatic hydroxyl groups is 1. The van der Waals surface area contributed by atoms with Gasteiger partial charge in [0.15, 0.2) is 6.10 Å². The predicted molar refractivity (Wildman–Crippen MR) is 214 cm³/mol. The summed E-state index contributed by atoms with van der Waals surface area (Å²) >= 11 is 0. The van der Waals surface area contributed by atoms with Crippen LogP contribution in [0, 0.1) is 0 Å². The number of ether oxygens (including phenoxy) is 2. The molecule has 0 saturated carbocycles. The topological polar surface area (TPSA) is 72.8 Å². The molecule has 5 nitrogen and oxygen atoms in total. The molecule has 0 fully saturated rings. The normalized spacial score (nSPS) is 13.1. The van der Waals surface area contributed by atoms with Gasteiger partial charge in [0.2, 0.25) is 0 Å². The van der Waals surface area contributed by atoms with Crippen LogP contribution < -0.4 is 0 Å². The summed E-state index contributed by atoms with van der Waals surface area (Å²) in [7, 11) is 0. The Kier molecular flexibility index (Phi) is 38.1. The van der Waals surface area contributed by atoms with Gasteiger partial charge < -0.3 is 14.6 Å². The molecule has 1 unspecified atom stereocenters. The molecular weight excluding hydrogens is 620 g/mol. The van der Waals surface area contributed by atoms with E-state index in [0.29, 0.717) is 12.8 Å². The molecule has 0 heterocycles. The number of rotatable bonds is 35. The summed E-state index contributed by atoms with van der Waals surface area (Å²) in [5.74, 6) is -0.628. The molecule has 0 aromatic carbocycles. The Morgan fingerprint density at radius 1 is 0.480 bits per heavy atom. The highest BCUT2D eigenvalue weighted by Crippen LogP contribution is 2.12. The Balaban J connectivity index is 3.64. The highest BCUT2D eigenvalue weighted by atomic mass is 16.6. The molecule has 5 heteroatoms. The highest BCUT2D eigenvalue weighted by Gasteiger charge is 2.16. The average Bonchev–Trinajstić information content (AvgIpc) is 3.12. The van der Waals surface area contributed by atoms with Crippen molar-refractivity contribution >= 4 is 11.9 Å². The minimum atomic E-state index is -0.786. The highest BCUT2D eigenvalue weighted by molar-refractivity contribution is 5.70. The number of unbranched alkanes of at least 4 members (excludes halogenated alkanes) is 13. The molecule has 0 aliphatic rings. The molecule has 0 aliphatic carbocycles. The Morgan fingerprint density at radius 3 is 1.32 bits per heavy atom. The molecule has 284 valence electrons. The Hall–Kier alpha value is -2.92. The molecule has 50 heavy (non-hydrogen) atoms. The second-order valence-corrected chi connectivity index (χ2v) is 13.0. The van der Waals surface area contributed by atoms with Crippen molar-refractivity contribution in [1.29, 1.82) is 0 Å². The monoisotopic (exact) mass is 695 g/mol. The quantitative estimate of drug-likeness (QED) is 0.0406. The first-order valence-electron chi connectivity index (χ1n) is 20.1. The van der Waals surface area contributed by atoms with Crippen molar-refractivity contribution in [3.05, 3.63) is 85.1 Å².